The molecule has 2 bridgehead atoms. The van der Waals surface area contributed by atoms with E-state index in [0.29, 0.717) is 32.1 Å². The van der Waals surface area contributed by atoms with Gasteiger partial charge in [-0.3, -0.25) is 19.2 Å². The number of likely N-dealkylation sites (tertiary alicyclic amines) is 1. The Kier molecular flexibility index (Phi) is 10.4. The number of amides is 3. The lowest BCUT2D eigenvalue weighted by Crippen LogP contribution is -2.62. The predicted octanol–water partition coefficient (Wildman–Crippen LogP) is 2.99. The van der Waals surface area contributed by atoms with E-state index in [2.05, 4.69) is 39.2 Å². The van der Waals surface area contributed by atoms with Crippen LogP contribution < -0.4 is 5.32 Å². The van der Waals surface area contributed by atoms with Crippen molar-refractivity contribution in [2.24, 2.45) is 17.3 Å². The second-order valence-electron chi connectivity index (χ2n) is 14.0. The van der Waals surface area contributed by atoms with Crippen molar-refractivity contribution in [3.8, 4) is 0 Å². The van der Waals surface area contributed by atoms with Crippen LogP contribution in [0.25, 0.3) is 0 Å². The monoisotopic (exact) mass is 589 g/mol. The van der Waals surface area contributed by atoms with Gasteiger partial charge in [-0.15, -0.1) is 13.2 Å². The van der Waals surface area contributed by atoms with Crippen molar-refractivity contribution in [1.82, 2.24) is 15.1 Å². The number of esters is 1. The van der Waals surface area contributed by atoms with Gasteiger partial charge >= 0.3 is 5.97 Å². The highest BCUT2D eigenvalue weighted by Crippen LogP contribution is 2.59. The van der Waals surface area contributed by atoms with Crippen LogP contribution in [-0.2, 0) is 28.7 Å². The van der Waals surface area contributed by atoms with Crippen LogP contribution in [0, 0.1) is 17.3 Å². The summed E-state index contributed by atoms with van der Waals surface area (Å²) >= 11 is 0. The molecule has 3 aliphatic rings. The number of aliphatic hydroxyl groups is 1. The van der Waals surface area contributed by atoms with Crippen LogP contribution in [0.2, 0.25) is 0 Å². The second-order valence-corrected chi connectivity index (χ2v) is 14.0. The van der Waals surface area contributed by atoms with Gasteiger partial charge in [0.1, 0.15) is 17.7 Å². The Morgan fingerprint density at radius 2 is 1.88 bits per heavy atom. The minimum absolute atomic E-state index is 0.0768. The number of nitrogens with zero attached hydrogens (tertiary/aromatic N) is 2. The van der Waals surface area contributed by atoms with E-state index in [9.17, 15) is 24.3 Å². The van der Waals surface area contributed by atoms with Gasteiger partial charge in [0, 0.05) is 18.5 Å². The maximum absolute atomic E-state index is 14.6. The quantitative estimate of drug-likeness (QED) is 0.236. The van der Waals surface area contributed by atoms with Crippen molar-refractivity contribution < 1.29 is 33.8 Å². The molecule has 3 saturated heterocycles. The first-order chi connectivity index (χ1) is 19.5. The Balaban J connectivity index is 1.92. The van der Waals surface area contributed by atoms with E-state index >= 15 is 0 Å². The van der Waals surface area contributed by atoms with E-state index in [1.54, 1.807) is 30.9 Å². The largest absolute Gasteiger partial charge is 0.460 e. The molecule has 3 fully saturated rings. The molecule has 7 atom stereocenters. The molecule has 3 aliphatic heterocycles. The molecule has 3 heterocycles. The van der Waals surface area contributed by atoms with Gasteiger partial charge in [0.05, 0.1) is 37.1 Å². The fraction of sp³-hybridized carbons (Fsp3) is 0.750. The number of carbonyl (C=O) groups excluding carboxylic acids is 4. The molecule has 0 saturated carbocycles. The summed E-state index contributed by atoms with van der Waals surface area (Å²) in [5.74, 6) is -3.18. The SMILES string of the molecule is C=CCCC(=O)NC[C@H](C)OC(=O)[C@@H]1[C@H]2C(=O)N([C@H](C)CO)[C@H](C(=O)N(CC=C)C(C)(C)CC(C)(C)C)[C@]23CC[C@H]1O3. The zero-order valence-corrected chi connectivity index (χ0v) is 26.5. The van der Waals surface area contributed by atoms with Crippen molar-refractivity contribution in [3.63, 3.8) is 0 Å². The molecule has 0 aliphatic carbocycles. The van der Waals surface area contributed by atoms with Crippen molar-refractivity contribution >= 4 is 23.7 Å². The van der Waals surface area contributed by atoms with Crippen molar-refractivity contribution in [2.75, 3.05) is 19.7 Å². The molecule has 0 aromatic carbocycles. The molecule has 3 amide bonds. The van der Waals surface area contributed by atoms with Crippen LogP contribution in [0.1, 0.15) is 80.6 Å². The second kappa shape index (κ2) is 12.9. The fourth-order valence-electron chi connectivity index (χ4n) is 7.40. The normalized spacial score (nSPS) is 28.2. The summed E-state index contributed by atoms with van der Waals surface area (Å²) in [5, 5.41) is 12.9. The Labute approximate surface area is 250 Å². The third kappa shape index (κ3) is 6.59. The third-order valence-corrected chi connectivity index (χ3v) is 8.73. The fourth-order valence-corrected chi connectivity index (χ4v) is 7.40. The molecule has 2 N–H and O–H groups in total. The Morgan fingerprint density at radius 3 is 2.45 bits per heavy atom. The smallest absolute Gasteiger partial charge is 0.312 e. The van der Waals surface area contributed by atoms with Gasteiger partial charge in [-0.1, -0.05) is 32.9 Å². The Hall–Kier alpha value is -2.72. The van der Waals surface area contributed by atoms with E-state index in [-0.39, 0.29) is 42.8 Å². The summed E-state index contributed by atoms with van der Waals surface area (Å²) in [7, 11) is 0. The predicted molar refractivity (Wildman–Crippen MR) is 159 cm³/mol. The van der Waals surface area contributed by atoms with Gasteiger partial charge < -0.3 is 29.7 Å². The van der Waals surface area contributed by atoms with Crippen LogP contribution in [0.4, 0.5) is 0 Å². The summed E-state index contributed by atoms with van der Waals surface area (Å²) < 4.78 is 12.2. The van der Waals surface area contributed by atoms with E-state index in [4.69, 9.17) is 9.47 Å². The van der Waals surface area contributed by atoms with Crippen molar-refractivity contribution in [2.45, 2.75) is 116 Å². The van der Waals surface area contributed by atoms with Gasteiger partial charge in [0.15, 0.2) is 0 Å². The zero-order valence-electron chi connectivity index (χ0n) is 26.5. The van der Waals surface area contributed by atoms with Crippen molar-refractivity contribution in [3.05, 3.63) is 25.3 Å². The number of ether oxygens (including phenoxy) is 2. The molecule has 0 aromatic rings. The summed E-state index contributed by atoms with van der Waals surface area (Å²) in [6.45, 7) is 21.3. The highest BCUT2D eigenvalue weighted by Gasteiger charge is 2.75. The third-order valence-electron chi connectivity index (χ3n) is 8.73. The highest BCUT2D eigenvalue weighted by molar-refractivity contribution is 5.98. The first kappa shape index (κ1) is 33.8. The molecular formula is C32H51N3O7. The van der Waals surface area contributed by atoms with Crippen LogP contribution in [-0.4, -0.2) is 93.7 Å². The van der Waals surface area contributed by atoms with E-state index in [0.717, 1.165) is 0 Å². The Bertz CT molecular complexity index is 1070. The van der Waals surface area contributed by atoms with Gasteiger partial charge in [0.25, 0.3) is 0 Å². The molecule has 1 spiro atoms. The lowest BCUT2D eigenvalue weighted by Gasteiger charge is -2.46. The molecule has 3 rings (SSSR count). The van der Waals surface area contributed by atoms with Gasteiger partial charge in [-0.25, -0.2) is 0 Å². The summed E-state index contributed by atoms with van der Waals surface area (Å²) in [4.78, 5) is 57.5. The Morgan fingerprint density at radius 1 is 1.21 bits per heavy atom. The first-order valence-corrected chi connectivity index (χ1v) is 15.2. The highest BCUT2D eigenvalue weighted by atomic mass is 16.6. The lowest BCUT2D eigenvalue weighted by atomic mass is 9.70. The summed E-state index contributed by atoms with van der Waals surface area (Å²) in [6, 6.07) is -1.66. The molecule has 0 aromatic heterocycles. The summed E-state index contributed by atoms with van der Waals surface area (Å²) in [6.07, 6.45) is 4.66. The molecule has 10 heteroatoms. The van der Waals surface area contributed by atoms with Crippen LogP contribution >= 0.6 is 0 Å². The minimum atomic E-state index is -1.20. The van der Waals surface area contributed by atoms with Crippen LogP contribution in [0.3, 0.4) is 0 Å². The van der Waals surface area contributed by atoms with Crippen LogP contribution in [0.5, 0.6) is 0 Å². The molecule has 10 nitrogen and oxygen atoms in total. The topological polar surface area (TPSA) is 125 Å². The van der Waals surface area contributed by atoms with Gasteiger partial charge in [0.2, 0.25) is 17.7 Å². The van der Waals surface area contributed by atoms with E-state index < -0.39 is 53.2 Å². The number of rotatable bonds is 14. The number of allylic oxidation sites excluding steroid dienone is 1. The van der Waals surface area contributed by atoms with Crippen LogP contribution in [0.15, 0.2) is 25.3 Å². The molecule has 42 heavy (non-hydrogen) atoms. The molecule has 236 valence electrons. The number of aliphatic hydroxyl groups excluding tert-OH is 1. The molecule has 0 radical (unpaired) electrons. The number of carbonyl (C=O) groups is 4. The molecule has 0 unspecified atom stereocenters. The van der Waals surface area contributed by atoms with Gasteiger partial charge in [-0.2, -0.15) is 0 Å². The zero-order chi connectivity index (χ0) is 31.6. The number of fused-ring (bicyclic) bond motifs is 1. The van der Waals surface area contributed by atoms with E-state index in [1.165, 1.54) is 4.90 Å². The average Bonchev–Trinajstić information content (AvgIpc) is 3.54. The standard InChI is InChI=1S/C32H51N3O7/c1-10-12-13-23(37)33-17-21(4)41-29(40)24-22-14-15-32(42-22)25(24)27(38)35(20(3)18-36)26(32)28(39)34(16-11-2)31(8,9)19-30(5,6)7/h10-11,20-22,24-26,36H,1-2,12-19H2,3-9H3,(H,33,37)/t20-,21+,22-,24+,25+,26-,32+/m1/s1. The molecular weight excluding hydrogens is 538 g/mol. The maximum atomic E-state index is 14.6. The van der Waals surface area contributed by atoms with E-state index in [1.807, 2.05) is 13.8 Å². The summed E-state index contributed by atoms with van der Waals surface area (Å²) in [5.41, 5.74) is -1.85. The number of nitrogens with one attached hydrogen (secondary N) is 1. The first-order valence-electron chi connectivity index (χ1n) is 15.2. The number of hydrogen-bond donors (Lipinski definition) is 2. The lowest BCUT2D eigenvalue weighted by molar-refractivity contribution is -0.160. The number of hydrogen-bond acceptors (Lipinski definition) is 7. The van der Waals surface area contributed by atoms with Gasteiger partial charge in [-0.05, 0) is 58.8 Å². The average molecular weight is 590 g/mol. The van der Waals surface area contributed by atoms with Crippen molar-refractivity contribution in [1.29, 1.82) is 0 Å². The minimum Gasteiger partial charge on any atom is -0.460 e. The maximum Gasteiger partial charge on any atom is 0.312 e.